The molecule has 40 heavy (non-hydrogen) atoms. The SMILES string of the molecule is CO[C@@H]1O[C@H](COCc2ccccc2)[C@@H](OCc2ccccc2)[C@H](OCc2ccccc2)[C@H]1Sc1ccccc1. The van der Waals surface area contributed by atoms with Crippen LogP contribution in [-0.2, 0) is 43.5 Å². The molecule has 1 aliphatic heterocycles. The summed E-state index contributed by atoms with van der Waals surface area (Å²) >= 11 is 1.69. The number of rotatable bonds is 13. The first-order valence-electron chi connectivity index (χ1n) is 13.6. The zero-order chi connectivity index (χ0) is 27.4. The normalized spacial score (nSPS) is 22.7. The van der Waals surface area contributed by atoms with Crippen LogP contribution in [0.5, 0.6) is 0 Å². The van der Waals surface area contributed by atoms with E-state index in [9.17, 15) is 0 Å². The average molecular weight is 557 g/mol. The molecule has 4 aromatic carbocycles. The lowest BCUT2D eigenvalue weighted by molar-refractivity contribution is -0.268. The molecule has 5 atom stereocenters. The van der Waals surface area contributed by atoms with Gasteiger partial charge in [-0.05, 0) is 28.8 Å². The molecule has 0 unspecified atom stereocenters. The van der Waals surface area contributed by atoms with Crippen molar-refractivity contribution in [3.63, 3.8) is 0 Å². The Kier molecular flexibility index (Phi) is 10.8. The van der Waals surface area contributed by atoms with Crippen LogP contribution in [0.3, 0.4) is 0 Å². The predicted molar refractivity (Wildman–Crippen MR) is 158 cm³/mol. The van der Waals surface area contributed by atoms with E-state index in [0.29, 0.717) is 26.4 Å². The Hall–Kier alpha value is -2.97. The Bertz CT molecular complexity index is 1240. The van der Waals surface area contributed by atoms with Gasteiger partial charge < -0.3 is 23.7 Å². The number of ether oxygens (including phenoxy) is 5. The van der Waals surface area contributed by atoms with Crippen molar-refractivity contribution >= 4 is 11.8 Å². The summed E-state index contributed by atoms with van der Waals surface area (Å²) in [5.74, 6) is 0. The van der Waals surface area contributed by atoms with E-state index in [2.05, 4.69) is 48.5 Å². The van der Waals surface area contributed by atoms with Gasteiger partial charge in [0.25, 0.3) is 0 Å². The molecular weight excluding hydrogens is 520 g/mol. The van der Waals surface area contributed by atoms with Crippen LogP contribution >= 0.6 is 11.8 Å². The van der Waals surface area contributed by atoms with Gasteiger partial charge in [-0.2, -0.15) is 0 Å². The highest BCUT2D eigenvalue weighted by atomic mass is 32.2. The highest BCUT2D eigenvalue weighted by molar-refractivity contribution is 8.00. The third-order valence-corrected chi connectivity index (χ3v) is 8.11. The number of hydrogen-bond acceptors (Lipinski definition) is 6. The van der Waals surface area contributed by atoms with E-state index in [0.717, 1.165) is 21.6 Å². The second-order valence-electron chi connectivity index (χ2n) is 9.70. The molecule has 0 aliphatic carbocycles. The first-order chi connectivity index (χ1) is 19.8. The fourth-order valence-corrected chi connectivity index (χ4v) is 6.06. The molecule has 5 nitrogen and oxygen atoms in total. The number of thioether (sulfide) groups is 1. The minimum Gasteiger partial charge on any atom is -0.374 e. The van der Waals surface area contributed by atoms with Crippen LogP contribution in [0.1, 0.15) is 16.7 Å². The maximum atomic E-state index is 6.72. The van der Waals surface area contributed by atoms with Gasteiger partial charge in [0.1, 0.15) is 18.3 Å². The summed E-state index contributed by atoms with van der Waals surface area (Å²) in [6, 6.07) is 40.9. The average Bonchev–Trinajstić information content (AvgIpc) is 3.02. The van der Waals surface area contributed by atoms with Crippen molar-refractivity contribution in [3.05, 3.63) is 138 Å². The fourth-order valence-electron chi connectivity index (χ4n) is 4.78. The molecule has 0 N–H and O–H groups in total. The van der Waals surface area contributed by atoms with Crippen LogP contribution in [0.4, 0.5) is 0 Å². The second-order valence-corrected chi connectivity index (χ2v) is 10.9. The summed E-state index contributed by atoms with van der Waals surface area (Å²) in [4.78, 5) is 1.12. The van der Waals surface area contributed by atoms with Gasteiger partial charge in [-0.1, -0.05) is 109 Å². The topological polar surface area (TPSA) is 46.2 Å². The van der Waals surface area contributed by atoms with Gasteiger partial charge in [0.05, 0.1) is 31.7 Å². The number of benzene rings is 4. The molecule has 0 bridgehead atoms. The third-order valence-electron chi connectivity index (χ3n) is 6.80. The largest absolute Gasteiger partial charge is 0.374 e. The summed E-state index contributed by atoms with van der Waals surface area (Å²) in [5.41, 5.74) is 3.30. The summed E-state index contributed by atoms with van der Waals surface area (Å²) < 4.78 is 32.0. The van der Waals surface area contributed by atoms with Crippen molar-refractivity contribution in [2.24, 2.45) is 0 Å². The Morgan fingerprint density at radius 2 is 1.07 bits per heavy atom. The molecule has 0 spiro atoms. The van der Waals surface area contributed by atoms with Crippen molar-refractivity contribution in [1.29, 1.82) is 0 Å². The smallest absolute Gasteiger partial charge is 0.172 e. The maximum absolute atomic E-state index is 6.72. The van der Waals surface area contributed by atoms with E-state index in [-0.39, 0.29) is 23.6 Å². The molecule has 5 rings (SSSR count). The lowest BCUT2D eigenvalue weighted by Gasteiger charge is -2.45. The van der Waals surface area contributed by atoms with Crippen LogP contribution < -0.4 is 0 Å². The van der Waals surface area contributed by atoms with Gasteiger partial charge in [0.2, 0.25) is 0 Å². The number of methoxy groups -OCH3 is 1. The molecule has 4 aromatic rings. The Morgan fingerprint density at radius 1 is 0.600 bits per heavy atom. The molecular formula is C34H36O5S. The molecule has 0 radical (unpaired) electrons. The van der Waals surface area contributed by atoms with Crippen LogP contribution in [0.15, 0.2) is 126 Å². The number of hydrogen-bond donors (Lipinski definition) is 0. The van der Waals surface area contributed by atoms with Gasteiger partial charge in [-0.25, -0.2) is 0 Å². The van der Waals surface area contributed by atoms with Gasteiger partial charge in [0.15, 0.2) is 6.29 Å². The molecule has 0 amide bonds. The summed E-state index contributed by atoms with van der Waals surface area (Å²) in [7, 11) is 1.69. The van der Waals surface area contributed by atoms with Gasteiger partial charge in [-0.3, -0.25) is 0 Å². The fraction of sp³-hybridized carbons (Fsp3) is 0.294. The molecule has 1 fully saturated rings. The molecule has 0 saturated carbocycles. The monoisotopic (exact) mass is 556 g/mol. The van der Waals surface area contributed by atoms with Crippen molar-refractivity contribution in [2.75, 3.05) is 13.7 Å². The second kappa shape index (κ2) is 15.1. The molecule has 1 saturated heterocycles. The zero-order valence-electron chi connectivity index (χ0n) is 22.7. The van der Waals surface area contributed by atoms with Crippen LogP contribution in [0.2, 0.25) is 0 Å². The van der Waals surface area contributed by atoms with E-state index in [1.54, 1.807) is 18.9 Å². The van der Waals surface area contributed by atoms with Crippen LogP contribution in [0, 0.1) is 0 Å². The first-order valence-corrected chi connectivity index (χ1v) is 14.5. The van der Waals surface area contributed by atoms with E-state index >= 15 is 0 Å². The van der Waals surface area contributed by atoms with Crippen molar-refractivity contribution in [3.8, 4) is 0 Å². The van der Waals surface area contributed by atoms with Gasteiger partial charge >= 0.3 is 0 Å². The molecule has 1 heterocycles. The first kappa shape index (κ1) is 28.6. The Morgan fingerprint density at radius 3 is 1.60 bits per heavy atom. The highest BCUT2D eigenvalue weighted by Crippen LogP contribution is 2.38. The van der Waals surface area contributed by atoms with E-state index in [1.807, 2.05) is 72.8 Å². The molecule has 0 aromatic heterocycles. The van der Waals surface area contributed by atoms with Crippen LogP contribution in [-0.4, -0.2) is 43.6 Å². The molecule has 6 heteroatoms. The lowest BCUT2D eigenvalue weighted by atomic mass is 10.00. The zero-order valence-corrected chi connectivity index (χ0v) is 23.5. The Labute approximate surface area is 241 Å². The maximum Gasteiger partial charge on any atom is 0.172 e. The molecule has 208 valence electrons. The van der Waals surface area contributed by atoms with E-state index in [4.69, 9.17) is 23.7 Å². The minimum atomic E-state index is -0.507. The predicted octanol–water partition coefficient (Wildman–Crippen LogP) is 6.91. The summed E-state index contributed by atoms with van der Waals surface area (Å²) in [6.07, 6.45) is -1.59. The van der Waals surface area contributed by atoms with Crippen LogP contribution in [0.25, 0.3) is 0 Å². The quantitative estimate of drug-likeness (QED) is 0.178. The third kappa shape index (κ3) is 8.04. The standard InChI is InChI=1S/C34H36O5S/c1-35-34-33(40-29-20-12-5-13-21-29)32(38-24-28-18-10-4-11-19-28)31(37-23-27-16-8-3-9-17-27)30(39-34)25-36-22-26-14-6-2-7-15-26/h2-21,30-34H,22-25H2,1H3/t30-,31-,32+,33-,34-/m1/s1. The molecule has 1 aliphatic rings. The minimum absolute atomic E-state index is 0.165. The highest BCUT2D eigenvalue weighted by Gasteiger charge is 2.48. The summed E-state index contributed by atoms with van der Waals surface area (Å²) in [5, 5.41) is -0.165. The van der Waals surface area contributed by atoms with Crippen molar-refractivity contribution in [2.45, 2.75) is 54.6 Å². The van der Waals surface area contributed by atoms with Gasteiger partial charge in [0, 0.05) is 12.0 Å². The Balaban J connectivity index is 1.40. The van der Waals surface area contributed by atoms with E-state index < -0.39 is 6.29 Å². The van der Waals surface area contributed by atoms with E-state index in [1.165, 1.54) is 0 Å². The van der Waals surface area contributed by atoms with Crippen molar-refractivity contribution < 1.29 is 23.7 Å². The van der Waals surface area contributed by atoms with Crippen molar-refractivity contribution in [1.82, 2.24) is 0 Å². The summed E-state index contributed by atoms with van der Waals surface area (Å²) in [6.45, 7) is 1.73. The van der Waals surface area contributed by atoms with Gasteiger partial charge in [-0.15, -0.1) is 11.8 Å². The lowest BCUT2D eigenvalue weighted by Crippen LogP contribution is -2.59.